The minimum absolute atomic E-state index is 0.0903. The summed E-state index contributed by atoms with van der Waals surface area (Å²) in [5.41, 5.74) is 8.20. The van der Waals surface area contributed by atoms with E-state index in [2.05, 4.69) is 99.7 Å². The summed E-state index contributed by atoms with van der Waals surface area (Å²) in [4.78, 5) is 271. The van der Waals surface area contributed by atoms with Crippen molar-refractivity contribution >= 4 is 139 Å². The Bertz CT molecular complexity index is 4930. The van der Waals surface area contributed by atoms with Crippen molar-refractivity contribution in [3.05, 3.63) is 150 Å². The Labute approximate surface area is 756 Å². The summed E-state index contributed by atoms with van der Waals surface area (Å²) >= 11 is 0. The number of fused-ring (bicyclic) bond motifs is 1. The lowest BCUT2D eigenvalue weighted by molar-refractivity contribution is -0.141. The lowest BCUT2D eigenvalue weighted by Gasteiger charge is -2.30. The van der Waals surface area contributed by atoms with Gasteiger partial charge in [-0.3, -0.25) is 91.3 Å². The number of aromatic amines is 2. The average Bonchev–Trinajstić information content (AvgIpc) is 1.62. The molecule has 3 aromatic heterocycles. The molecule has 44 heteroatoms. The number of hydrogen-bond acceptors (Lipinski definition) is 24. The first-order valence-corrected chi connectivity index (χ1v) is 44.5. The number of rotatable bonds is 31. The molecule has 1 saturated heterocycles. The van der Waals surface area contributed by atoms with Crippen molar-refractivity contribution in [1.82, 2.24) is 99.7 Å². The van der Waals surface area contributed by atoms with Gasteiger partial charge in [-0.1, -0.05) is 130 Å². The van der Waals surface area contributed by atoms with E-state index < -0.39 is 246 Å². The van der Waals surface area contributed by atoms with Crippen LogP contribution in [0.3, 0.4) is 0 Å². The molecule has 0 spiro atoms. The van der Waals surface area contributed by atoms with Crippen molar-refractivity contribution in [2.45, 2.75) is 217 Å². The van der Waals surface area contributed by atoms with Crippen LogP contribution in [0.5, 0.6) is 5.75 Å². The van der Waals surface area contributed by atoms with E-state index in [9.17, 15) is 92.3 Å². The highest BCUT2D eigenvalue weighted by molar-refractivity contribution is 8.76. The summed E-state index contributed by atoms with van der Waals surface area (Å²) in [7, 11) is 1.41. The van der Waals surface area contributed by atoms with Gasteiger partial charge >= 0.3 is 11.9 Å². The normalized spacial score (nSPS) is 21.4. The number of carboxylic acid groups (broad SMARTS) is 2. The molecule has 0 bridgehead atoms. The van der Waals surface area contributed by atoms with Gasteiger partial charge in [0.1, 0.15) is 90.3 Å². The third kappa shape index (κ3) is 33.9. The quantitative estimate of drug-likeness (QED) is 0.0205. The first-order valence-electron chi connectivity index (χ1n) is 42.0. The molecule has 4 heterocycles. The Morgan fingerprint density at radius 2 is 1.12 bits per heavy atom. The molecule has 702 valence electrons. The van der Waals surface area contributed by atoms with Crippen molar-refractivity contribution in [3.63, 3.8) is 0 Å². The molecule has 7 rings (SSSR count). The number of aliphatic carboxylic acids is 2. The summed E-state index contributed by atoms with van der Waals surface area (Å²) in [6.07, 6.45) is -0.319. The number of nitrogens with one attached hydrogen (secondary N) is 17. The fourth-order valence-electron chi connectivity index (χ4n) is 13.6. The number of imidazole rings is 1. The van der Waals surface area contributed by atoms with Crippen LogP contribution in [-0.4, -0.2) is 256 Å². The van der Waals surface area contributed by atoms with E-state index in [1.807, 2.05) is 0 Å². The molecular weight excluding hydrogens is 1730 g/mol. The topological polar surface area (TPSA) is 652 Å². The predicted octanol–water partition coefficient (Wildman–Crippen LogP) is -2.20. The molecule has 0 radical (unpaired) electrons. The lowest BCUT2D eigenvalue weighted by atomic mass is 9.98. The van der Waals surface area contributed by atoms with Gasteiger partial charge in [0.15, 0.2) is 0 Å². The number of nitrogens with zero attached hydrogens (tertiary/aromatic N) is 2. The second-order valence-electron chi connectivity index (χ2n) is 32.5. The number of aliphatic hydroxyl groups is 1. The Morgan fingerprint density at radius 1 is 0.538 bits per heavy atom. The van der Waals surface area contributed by atoms with Crippen LogP contribution in [-0.2, 0) is 118 Å². The number of aliphatic hydroxyl groups excluding tert-OH is 1. The molecule has 130 heavy (non-hydrogen) atoms. The van der Waals surface area contributed by atoms with Gasteiger partial charge < -0.3 is 116 Å². The van der Waals surface area contributed by atoms with Gasteiger partial charge in [0.25, 0.3) is 0 Å². The number of aromatic nitrogens is 4. The number of carbonyl (C=O) groups is 18. The standard InChI is InChI=1S/C86H114N20O22S2/c1-43(2)29-59-75(117)91-39-68(110)95-57(26-27-69(111)112)76(118)99-60(30-44(3)4)82(124)105-71(45(5)6)85(127)102-63(33-51-37-90-56-21-14-13-20-55(51)56)79(121)104-67(84(126)106-72(47(8)107)86(128)101-62(31-49-17-11-10-12-18-49)77(119)96-58(73(87)115)34-52-19-15-16-28-89-52)41-130-129-40-66(103-81(123)65(36-70(113)114)94-48(9)108)83(125)93-46(7)74(116)97-61(32-50-22-24-54(109)25-23-50)78(120)100-64(80(122)98-59)35-53-38-88-42-92-53/h10-25,28,37-38,42-47,57-67,71-72,90,107,109H,26-27,29-36,39-41H2,1-9H3,(H2,87,115)(H,88,92)(H,91,117)(H,93,125)(H,94,108)(H,95,110)(H,96,119)(H,97,116)(H,98,122)(H,99,118)(H,100,120)(H,101,128)(H,102,127)(H,103,123)(H,104,121)(H,105,124)(H,106,126)(H,111,112)(H,113,114)/t46-,47+,57-,58?,59-,60-,61-,62-,63-,64-,65-,66-,67-,71-,72-/m0/s1. The summed E-state index contributed by atoms with van der Waals surface area (Å²) in [5.74, 6) is -23.0. The zero-order valence-corrected chi connectivity index (χ0v) is 74.7. The van der Waals surface area contributed by atoms with Gasteiger partial charge in [-0.05, 0) is 97.9 Å². The molecule has 0 aliphatic carbocycles. The molecule has 3 aromatic carbocycles. The number of phenolic OH excluding ortho intramolecular Hbond substituents is 1. The highest BCUT2D eigenvalue weighted by atomic mass is 33.1. The number of hydrogen-bond donors (Lipinski definition) is 22. The Morgan fingerprint density at radius 3 is 1.73 bits per heavy atom. The maximum Gasteiger partial charge on any atom is 0.305 e. The number of amides is 16. The predicted molar refractivity (Wildman–Crippen MR) is 474 cm³/mol. The Hall–Kier alpha value is -13.5. The van der Waals surface area contributed by atoms with Crippen LogP contribution in [0.25, 0.3) is 10.9 Å². The molecule has 0 saturated carbocycles. The van der Waals surface area contributed by atoms with E-state index in [-0.39, 0.29) is 62.3 Å². The van der Waals surface area contributed by atoms with Gasteiger partial charge in [0, 0.05) is 97.8 Å². The first kappa shape index (κ1) is 104. The fourth-order valence-corrected chi connectivity index (χ4v) is 16.0. The van der Waals surface area contributed by atoms with Crippen LogP contribution in [0.4, 0.5) is 0 Å². The van der Waals surface area contributed by atoms with E-state index in [0.29, 0.717) is 54.9 Å². The average molecular weight is 1840 g/mol. The second kappa shape index (κ2) is 50.9. The Balaban J connectivity index is 1.34. The molecular formula is C86H114N20O22S2. The van der Waals surface area contributed by atoms with Crippen LogP contribution < -0.4 is 85.5 Å². The number of pyridine rings is 1. The molecule has 1 aliphatic rings. The van der Waals surface area contributed by atoms with Gasteiger partial charge in [0.05, 0.1) is 25.4 Å². The number of carbonyl (C=O) groups excluding carboxylic acids is 16. The smallest absolute Gasteiger partial charge is 0.305 e. The van der Waals surface area contributed by atoms with Gasteiger partial charge in [-0.15, -0.1) is 0 Å². The first-order chi connectivity index (χ1) is 61.6. The molecule has 1 fully saturated rings. The van der Waals surface area contributed by atoms with Crippen molar-refractivity contribution in [2.24, 2.45) is 23.5 Å². The van der Waals surface area contributed by atoms with Crippen molar-refractivity contribution in [2.75, 3.05) is 18.1 Å². The molecule has 42 nitrogen and oxygen atoms in total. The largest absolute Gasteiger partial charge is 0.508 e. The van der Waals surface area contributed by atoms with Gasteiger partial charge in [0.2, 0.25) is 94.5 Å². The molecule has 1 aliphatic heterocycles. The molecule has 16 amide bonds. The molecule has 1 unspecified atom stereocenters. The number of phenols is 1. The van der Waals surface area contributed by atoms with Gasteiger partial charge in [-0.2, -0.15) is 0 Å². The Kier molecular flexibility index (Phi) is 40.5. The number of aromatic hydroxyl groups is 1. The highest BCUT2D eigenvalue weighted by Crippen LogP contribution is 2.26. The maximum absolute atomic E-state index is 15.6. The second-order valence-corrected chi connectivity index (χ2v) is 35.1. The number of benzene rings is 3. The minimum Gasteiger partial charge on any atom is -0.508 e. The van der Waals surface area contributed by atoms with Gasteiger partial charge in [-0.25, -0.2) is 4.98 Å². The third-order valence-corrected chi connectivity index (χ3v) is 22.8. The highest BCUT2D eigenvalue weighted by Gasteiger charge is 2.40. The van der Waals surface area contributed by atoms with E-state index in [0.717, 1.165) is 13.8 Å². The number of nitrogens with two attached hydrogens (primary N) is 1. The monoisotopic (exact) mass is 1840 g/mol. The summed E-state index contributed by atoms with van der Waals surface area (Å²) in [6, 6.07) is 1.70. The molecule has 6 aromatic rings. The van der Waals surface area contributed by atoms with E-state index >= 15 is 14.4 Å². The van der Waals surface area contributed by atoms with Crippen LogP contribution in [0, 0.1) is 17.8 Å². The summed E-state index contributed by atoms with van der Waals surface area (Å²) < 4.78 is 0. The number of para-hydroxylation sites is 1. The zero-order valence-electron chi connectivity index (χ0n) is 73.1. The van der Waals surface area contributed by atoms with E-state index in [4.69, 9.17) is 5.73 Å². The van der Waals surface area contributed by atoms with Crippen molar-refractivity contribution < 1.29 is 107 Å². The van der Waals surface area contributed by atoms with Crippen LogP contribution >= 0.6 is 21.6 Å². The summed E-state index contributed by atoms with van der Waals surface area (Å²) in [6.45, 7) is 12.3. The SMILES string of the molecule is CC(=O)N[C@@H](CC(=O)O)C(=O)N[C@H]1CSSC[C@@H](C(=O)N[C@H](C(=O)N[C@@H](Cc2ccccc2)C(=O)NC(Cc2ccccn2)C(N)=O)[C@@H](C)O)NC(=O)[C@H](Cc2c[nH]c3ccccc23)NC(=O)[C@H](C(C)C)NC(=O)[C@H](CC(C)C)NC(=O)[C@H](CCC(=O)O)NC(=O)CNC(=O)[C@H](CC(C)C)NC(=O)[C@H](Cc2cnc[nH]2)NC(=O)[C@H](Cc2ccc(O)cc2)NC(=O)[C@H](C)NC1=O. The summed E-state index contributed by atoms with van der Waals surface area (Å²) in [5, 5.41) is 80.0. The fraction of sp³-hybridized carbons (Fsp3) is 0.465. The number of carboxylic acids is 2. The van der Waals surface area contributed by atoms with E-state index in [1.165, 1.54) is 63.8 Å². The van der Waals surface area contributed by atoms with Crippen molar-refractivity contribution in [3.8, 4) is 5.75 Å². The van der Waals surface area contributed by atoms with Crippen molar-refractivity contribution in [1.29, 1.82) is 0 Å². The maximum atomic E-state index is 15.6. The molecule has 23 N–H and O–H groups in total. The van der Waals surface area contributed by atoms with Crippen LogP contribution in [0.15, 0.2) is 122 Å². The number of primary amides is 1. The van der Waals surface area contributed by atoms with Crippen LogP contribution in [0.1, 0.15) is 122 Å². The minimum atomic E-state index is -2.02. The van der Waals surface area contributed by atoms with Crippen LogP contribution in [0.2, 0.25) is 0 Å². The zero-order chi connectivity index (χ0) is 95.6. The third-order valence-electron chi connectivity index (χ3n) is 20.4. The van der Waals surface area contributed by atoms with E-state index in [1.54, 1.807) is 107 Å². The molecule has 15 atom stereocenters. The lowest BCUT2D eigenvalue weighted by Crippen LogP contribution is -2.63. The number of H-pyrrole nitrogens is 2.